The van der Waals surface area contributed by atoms with Crippen molar-refractivity contribution in [1.82, 2.24) is 19.2 Å². The van der Waals surface area contributed by atoms with Crippen LogP contribution in [0.25, 0.3) is 0 Å². The van der Waals surface area contributed by atoms with Gasteiger partial charge in [-0.3, -0.25) is 4.90 Å². The van der Waals surface area contributed by atoms with Gasteiger partial charge in [-0.05, 0) is 38.0 Å². The molecule has 1 aromatic rings. The molecule has 1 fully saturated rings. The molecule has 3 heterocycles. The number of hydrogen-bond donors (Lipinski definition) is 0. The van der Waals surface area contributed by atoms with Crippen LogP contribution in [0.2, 0.25) is 0 Å². The predicted molar refractivity (Wildman–Crippen MR) is 88.0 cm³/mol. The van der Waals surface area contributed by atoms with Gasteiger partial charge >= 0.3 is 0 Å². The van der Waals surface area contributed by atoms with Gasteiger partial charge in [0.1, 0.15) is 5.82 Å². The van der Waals surface area contributed by atoms with Crippen LogP contribution in [-0.4, -0.2) is 51.8 Å². The van der Waals surface area contributed by atoms with Gasteiger partial charge in [-0.1, -0.05) is 13.3 Å². The summed E-state index contributed by atoms with van der Waals surface area (Å²) in [4.78, 5) is 2.19. The van der Waals surface area contributed by atoms with E-state index in [0.29, 0.717) is 12.4 Å². The van der Waals surface area contributed by atoms with Crippen molar-refractivity contribution < 1.29 is 8.42 Å². The Morgan fingerprint density at radius 2 is 2.18 bits per heavy atom. The minimum absolute atomic E-state index is 0.0957. The summed E-state index contributed by atoms with van der Waals surface area (Å²) >= 11 is 5.58. The lowest BCUT2D eigenvalue weighted by molar-refractivity contribution is 0.163. The van der Waals surface area contributed by atoms with Gasteiger partial charge in [0, 0.05) is 19.0 Å². The van der Waals surface area contributed by atoms with E-state index in [1.165, 1.54) is 12.8 Å². The second-order valence-electron chi connectivity index (χ2n) is 6.26. The Bertz CT molecular complexity index is 692. The van der Waals surface area contributed by atoms with Gasteiger partial charge in [0.05, 0.1) is 18.2 Å². The third-order valence-electron chi connectivity index (χ3n) is 4.73. The number of aryl methyl sites for hydroxylation is 1. The third kappa shape index (κ3) is 3.28. The molecule has 0 aliphatic carbocycles. The smallest absolute Gasteiger partial charge is 0.199 e. The van der Waals surface area contributed by atoms with Crippen LogP contribution in [-0.2, 0) is 29.5 Å². The summed E-state index contributed by atoms with van der Waals surface area (Å²) in [6.45, 7) is 4.42. The lowest BCUT2D eigenvalue weighted by Gasteiger charge is -2.26. The van der Waals surface area contributed by atoms with Crippen molar-refractivity contribution in [3.8, 4) is 0 Å². The van der Waals surface area contributed by atoms with Crippen LogP contribution in [0.5, 0.6) is 0 Å². The second-order valence-corrected chi connectivity index (χ2v) is 8.86. The predicted octanol–water partition coefficient (Wildman–Crippen LogP) is 1.61. The lowest BCUT2D eigenvalue weighted by Crippen LogP contribution is -2.37. The number of fused-ring (bicyclic) bond motifs is 1. The highest BCUT2D eigenvalue weighted by atomic mass is 32.2. The molecule has 6 nitrogen and oxygen atoms in total. The fourth-order valence-corrected chi connectivity index (χ4v) is 5.48. The summed E-state index contributed by atoms with van der Waals surface area (Å²) in [7, 11) is -2.86. The monoisotopic (exact) mass is 344 g/mol. The van der Waals surface area contributed by atoms with E-state index in [1.807, 2.05) is 4.68 Å². The Hall–Kier alpha value is -0.730. The number of aromatic nitrogens is 3. The zero-order chi connectivity index (χ0) is 15.7. The SMILES string of the molecule is CCN(Cn1nc2n(c1=S)CCCCC2)[C@@H]1CCS(=O)(=O)C1. The van der Waals surface area contributed by atoms with Gasteiger partial charge in [0.2, 0.25) is 0 Å². The van der Waals surface area contributed by atoms with Crippen molar-refractivity contribution >= 4 is 22.1 Å². The molecule has 3 rings (SSSR count). The molecule has 0 saturated carbocycles. The van der Waals surface area contributed by atoms with E-state index in [2.05, 4.69) is 16.4 Å². The van der Waals surface area contributed by atoms with E-state index in [0.717, 1.165) is 42.9 Å². The number of hydrogen-bond acceptors (Lipinski definition) is 5. The number of nitrogens with zero attached hydrogens (tertiary/aromatic N) is 4. The van der Waals surface area contributed by atoms with E-state index < -0.39 is 9.84 Å². The summed E-state index contributed by atoms with van der Waals surface area (Å²) < 4.78 is 28.2. The standard InChI is InChI=1S/C14H24N4O2S2/c1-2-16(12-7-9-22(19,20)10-12)11-18-14(21)17-8-5-3-4-6-13(17)15-18/h12H,2-11H2,1H3/t12-/m1/s1. The van der Waals surface area contributed by atoms with Crippen LogP contribution in [0, 0.1) is 4.77 Å². The average molecular weight is 345 g/mol. The summed E-state index contributed by atoms with van der Waals surface area (Å²) in [6, 6.07) is 0.0957. The summed E-state index contributed by atoms with van der Waals surface area (Å²) in [6.07, 6.45) is 5.27. The van der Waals surface area contributed by atoms with Crippen LogP contribution in [0.4, 0.5) is 0 Å². The van der Waals surface area contributed by atoms with Crippen molar-refractivity contribution in [2.75, 3.05) is 18.1 Å². The molecule has 22 heavy (non-hydrogen) atoms. The summed E-state index contributed by atoms with van der Waals surface area (Å²) in [5.74, 6) is 1.65. The molecule has 1 aromatic heterocycles. The molecule has 0 bridgehead atoms. The lowest BCUT2D eigenvalue weighted by atomic mass is 10.2. The van der Waals surface area contributed by atoms with Crippen molar-refractivity contribution in [2.45, 2.75) is 58.3 Å². The van der Waals surface area contributed by atoms with Crippen LogP contribution < -0.4 is 0 Å². The molecule has 0 amide bonds. The molecule has 8 heteroatoms. The fraction of sp³-hybridized carbons (Fsp3) is 0.857. The zero-order valence-electron chi connectivity index (χ0n) is 13.1. The highest BCUT2D eigenvalue weighted by Gasteiger charge is 2.32. The van der Waals surface area contributed by atoms with Gasteiger partial charge in [0.25, 0.3) is 0 Å². The first-order valence-electron chi connectivity index (χ1n) is 8.11. The molecule has 0 N–H and O–H groups in total. The Morgan fingerprint density at radius 1 is 1.36 bits per heavy atom. The highest BCUT2D eigenvalue weighted by Crippen LogP contribution is 2.19. The van der Waals surface area contributed by atoms with E-state index in [4.69, 9.17) is 17.3 Å². The van der Waals surface area contributed by atoms with Crippen molar-refractivity contribution in [1.29, 1.82) is 0 Å². The van der Waals surface area contributed by atoms with Crippen molar-refractivity contribution in [3.05, 3.63) is 10.6 Å². The topological polar surface area (TPSA) is 60.1 Å². The Balaban J connectivity index is 1.78. The molecule has 0 unspecified atom stereocenters. The van der Waals surface area contributed by atoms with Crippen LogP contribution >= 0.6 is 12.2 Å². The van der Waals surface area contributed by atoms with Crippen LogP contribution in [0.3, 0.4) is 0 Å². The molecule has 1 saturated heterocycles. The Kier molecular flexibility index (Phi) is 4.70. The molecular formula is C14H24N4O2S2. The van der Waals surface area contributed by atoms with Crippen LogP contribution in [0.15, 0.2) is 0 Å². The summed E-state index contributed by atoms with van der Waals surface area (Å²) in [5, 5.41) is 4.69. The fourth-order valence-electron chi connectivity index (χ4n) is 3.43. The zero-order valence-corrected chi connectivity index (χ0v) is 14.7. The number of sulfone groups is 1. The molecule has 0 radical (unpaired) electrons. The Labute approximate surface area is 137 Å². The van der Waals surface area contributed by atoms with Crippen molar-refractivity contribution in [2.24, 2.45) is 0 Å². The first kappa shape index (κ1) is 16.1. The first-order valence-corrected chi connectivity index (χ1v) is 10.3. The second kappa shape index (κ2) is 6.41. The Morgan fingerprint density at radius 3 is 2.86 bits per heavy atom. The van der Waals surface area contributed by atoms with E-state index in [-0.39, 0.29) is 11.8 Å². The molecule has 2 aliphatic rings. The number of rotatable bonds is 4. The third-order valence-corrected chi connectivity index (χ3v) is 6.91. The molecule has 1 atom stereocenters. The van der Waals surface area contributed by atoms with E-state index >= 15 is 0 Å². The maximum atomic E-state index is 11.7. The van der Waals surface area contributed by atoms with Gasteiger partial charge < -0.3 is 4.57 Å². The van der Waals surface area contributed by atoms with Gasteiger partial charge in [-0.15, -0.1) is 0 Å². The van der Waals surface area contributed by atoms with Crippen molar-refractivity contribution in [3.63, 3.8) is 0 Å². The quantitative estimate of drug-likeness (QED) is 0.777. The molecule has 124 valence electrons. The highest BCUT2D eigenvalue weighted by molar-refractivity contribution is 7.91. The molecule has 0 spiro atoms. The van der Waals surface area contributed by atoms with E-state index in [9.17, 15) is 8.42 Å². The van der Waals surface area contributed by atoms with E-state index in [1.54, 1.807) is 0 Å². The van der Waals surface area contributed by atoms with Crippen LogP contribution in [0.1, 0.15) is 38.4 Å². The average Bonchev–Trinajstić information content (AvgIpc) is 2.87. The van der Waals surface area contributed by atoms with Gasteiger partial charge in [0.15, 0.2) is 14.6 Å². The maximum Gasteiger partial charge on any atom is 0.199 e. The molecule has 0 aromatic carbocycles. The molecule has 2 aliphatic heterocycles. The largest absolute Gasteiger partial charge is 0.304 e. The van der Waals surface area contributed by atoms with Gasteiger partial charge in [-0.2, -0.15) is 5.10 Å². The molecular weight excluding hydrogens is 320 g/mol. The minimum atomic E-state index is -2.86. The van der Waals surface area contributed by atoms with Gasteiger partial charge in [-0.25, -0.2) is 13.1 Å². The minimum Gasteiger partial charge on any atom is -0.304 e. The first-order chi connectivity index (χ1) is 10.5. The maximum absolute atomic E-state index is 11.7. The summed E-state index contributed by atoms with van der Waals surface area (Å²) in [5.41, 5.74) is 0. The normalized spacial score (nSPS) is 24.4.